The Morgan fingerprint density at radius 2 is 2.17 bits per heavy atom. The highest BCUT2D eigenvalue weighted by Gasteiger charge is 2.14. The smallest absolute Gasteiger partial charge is 0.227 e. The lowest BCUT2D eigenvalue weighted by Gasteiger charge is -2.04. The number of sulfone groups is 1. The van der Waals surface area contributed by atoms with Gasteiger partial charge in [-0.25, -0.2) is 8.42 Å². The lowest BCUT2D eigenvalue weighted by atomic mass is 10.2. The molecule has 0 saturated carbocycles. The predicted molar refractivity (Wildman–Crippen MR) is 69.7 cm³/mol. The quantitative estimate of drug-likeness (QED) is 0.769. The maximum absolute atomic E-state index is 11.9. The molecule has 0 aliphatic rings. The number of amides is 1. The average molecular weight is 284 g/mol. The van der Waals surface area contributed by atoms with E-state index in [0.717, 1.165) is 0 Å². The molecule has 5 nitrogen and oxygen atoms in total. The van der Waals surface area contributed by atoms with Gasteiger partial charge >= 0.3 is 0 Å². The van der Waals surface area contributed by atoms with E-state index in [2.05, 4.69) is 0 Å². The van der Waals surface area contributed by atoms with Gasteiger partial charge in [-0.3, -0.25) is 4.79 Å². The Morgan fingerprint density at radius 3 is 2.78 bits per heavy atom. The number of hydrogen-bond acceptors (Lipinski definition) is 5. The summed E-state index contributed by atoms with van der Waals surface area (Å²) in [5, 5.41) is 8.70. The maximum Gasteiger partial charge on any atom is 0.227 e. The van der Waals surface area contributed by atoms with E-state index in [4.69, 9.17) is 11.0 Å². The fourth-order valence-corrected chi connectivity index (χ4v) is 3.74. The Bertz CT molecular complexity index is 576. The van der Waals surface area contributed by atoms with Crippen molar-refractivity contribution in [3.63, 3.8) is 0 Å². The van der Waals surface area contributed by atoms with Crippen LogP contribution in [-0.4, -0.2) is 31.6 Å². The van der Waals surface area contributed by atoms with Crippen LogP contribution in [-0.2, 0) is 14.6 Å². The van der Waals surface area contributed by atoms with Gasteiger partial charge in [-0.05, 0) is 18.2 Å². The topological polar surface area (TPSA) is 101 Å². The van der Waals surface area contributed by atoms with Crippen LogP contribution >= 0.6 is 11.8 Å². The van der Waals surface area contributed by atoms with Gasteiger partial charge in [0.25, 0.3) is 0 Å². The van der Waals surface area contributed by atoms with Crippen LogP contribution < -0.4 is 5.73 Å². The lowest BCUT2D eigenvalue weighted by Crippen LogP contribution is -2.15. The number of primary amides is 1. The van der Waals surface area contributed by atoms with Crippen molar-refractivity contribution in [2.75, 3.05) is 17.3 Å². The molecule has 0 aromatic heterocycles. The second kappa shape index (κ2) is 6.42. The van der Waals surface area contributed by atoms with Crippen molar-refractivity contribution in [3.8, 4) is 6.07 Å². The van der Waals surface area contributed by atoms with Crippen LogP contribution in [0.2, 0.25) is 0 Å². The summed E-state index contributed by atoms with van der Waals surface area (Å²) in [6.07, 6.45) is 0. The molecular formula is C11H12N2O3S2. The molecule has 18 heavy (non-hydrogen) atoms. The number of rotatable bonds is 6. The molecule has 0 saturated heterocycles. The molecule has 0 aliphatic heterocycles. The van der Waals surface area contributed by atoms with Crippen LogP contribution in [0.25, 0.3) is 0 Å². The van der Waals surface area contributed by atoms with E-state index in [1.807, 2.05) is 6.07 Å². The Kier molecular flexibility index (Phi) is 5.19. The van der Waals surface area contributed by atoms with Crippen LogP contribution in [0.15, 0.2) is 29.2 Å². The van der Waals surface area contributed by atoms with Crippen LogP contribution in [0.1, 0.15) is 5.56 Å². The zero-order valence-electron chi connectivity index (χ0n) is 9.50. The second-order valence-electron chi connectivity index (χ2n) is 3.48. The minimum atomic E-state index is -3.41. The zero-order chi connectivity index (χ0) is 13.6. The van der Waals surface area contributed by atoms with Crippen LogP contribution in [0.5, 0.6) is 0 Å². The van der Waals surface area contributed by atoms with E-state index < -0.39 is 15.7 Å². The maximum atomic E-state index is 11.9. The largest absolute Gasteiger partial charge is 0.369 e. The van der Waals surface area contributed by atoms with Crippen molar-refractivity contribution in [1.82, 2.24) is 0 Å². The van der Waals surface area contributed by atoms with E-state index >= 15 is 0 Å². The minimum absolute atomic E-state index is 0.0835. The number of benzene rings is 1. The molecule has 0 heterocycles. The van der Waals surface area contributed by atoms with Crippen molar-refractivity contribution in [3.05, 3.63) is 29.8 Å². The summed E-state index contributed by atoms with van der Waals surface area (Å²) < 4.78 is 23.8. The molecule has 1 amide bonds. The Balaban J connectivity index is 2.69. The van der Waals surface area contributed by atoms with Crippen LogP contribution in [0.3, 0.4) is 0 Å². The summed E-state index contributed by atoms with van der Waals surface area (Å²) in [7, 11) is -3.41. The molecule has 96 valence electrons. The van der Waals surface area contributed by atoms with Gasteiger partial charge < -0.3 is 5.73 Å². The van der Waals surface area contributed by atoms with Gasteiger partial charge in [-0.2, -0.15) is 17.0 Å². The summed E-state index contributed by atoms with van der Waals surface area (Å²) in [6, 6.07) is 7.76. The van der Waals surface area contributed by atoms with Gasteiger partial charge in [-0.1, -0.05) is 6.07 Å². The highest BCUT2D eigenvalue weighted by molar-refractivity contribution is 8.01. The minimum Gasteiger partial charge on any atom is -0.369 e. The molecule has 0 aliphatic carbocycles. The highest BCUT2D eigenvalue weighted by atomic mass is 32.2. The van der Waals surface area contributed by atoms with E-state index in [-0.39, 0.29) is 16.4 Å². The SMILES string of the molecule is N#Cc1cccc(S(=O)(=O)CCSCC(N)=O)c1. The third-order valence-corrected chi connectivity index (χ3v) is 5.02. The van der Waals surface area contributed by atoms with E-state index in [0.29, 0.717) is 11.3 Å². The fourth-order valence-electron chi connectivity index (χ4n) is 1.22. The van der Waals surface area contributed by atoms with Gasteiger partial charge in [0.15, 0.2) is 9.84 Å². The number of nitrogens with zero attached hydrogens (tertiary/aromatic N) is 1. The summed E-state index contributed by atoms with van der Waals surface area (Å²) >= 11 is 1.17. The molecule has 0 spiro atoms. The van der Waals surface area contributed by atoms with Crippen molar-refractivity contribution in [2.45, 2.75) is 4.90 Å². The number of hydrogen-bond donors (Lipinski definition) is 1. The first-order chi connectivity index (χ1) is 8.45. The Labute approximate surface area is 110 Å². The number of thioether (sulfide) groups is 1. The number of carbonyl (C=O) groups excluding carboxylic acids is 1. The van der Waals surface area contributed by atoms with Crippen molar-refractivity contribution in [1.29, 1.82) is 5.26 Å². The number of nitrogens with two attached hydrogens (primary N) is 1. The van der Waals surface area contributed by atoms with Crippen molar-refractivity contribution in [2.24, 2.45) is 5.73 Å². The fraction of sp³-hybridized carbons (Fsp3) is 0.273. The van der Waals surface area contributed by atoms with E-state index in [1.165, 1.54) is 30.0 Å². The molecule has 1 rings (SSSR count). The van der Waals surface area contributed by atoms with Crippen LogP contribution in [0, 0.1) is 11.3 Å². The molecule has 0 fully saturated rings. The first-order valence-corrected chi connectivity index (χ1v) is 7.85. The molecule has 0 unspecified atom stereocenters. The molecule has 1 aromatic carbocycles. The molecule has 0 radical (unpaired) electrons. The average Bonchev–Trinajstić information content (AvgIpc) is 2.34. The summed E-state index contributed by atoms with van der Waals surface area (Å²) in [5.74, 6) is -0.154. The number of nitriles is 1. The van der Waals surface area contributed by atoms with Gasteiger partial charge in [0.05, 0.1) is 28.0 Å². The third kappa shape index (κ3) is 4.39. The molecular weight excluding hydrogens is 272 g/mol. The van der Waals surface area contributed by atoms with Gasteiger partial charge in [0, 0.05) is 5.75 Å². The third-order valence-electron chi connectivity index (χ3n) is 2.06. The molecule has 2 N–H and O–H groups in total. The highest BCUT2D eigenvalue weighted by Crippen LogP contribution is 2.14. The molecule has 0 bridgehead atoms. The van der Waals surface area contributed by atoms with Crippen LogP contribution in [0.4, 0.5) is 0 Å². The number of carbonyl (C=O) groups is 1. The van der Waals surface area contributed by atoms with E-state index in [9.17, 15) is 13.2 Å². The summed E-state index contributed by atoms with van der Waals surface area (Å²) in [4.78, 5) is 10.6. The van der Waals surface area contributed by atoms with E-state index in [1.54, 1.807) is 6.07 Å². The summed E-state index contributed by atoms with van der Waals surface area (Å²) in [6.45, 7) is 0. The standard InChI is InChI=1S/C11H12N2O3S2/c12-7-9-2-1-3-10(6-9)18(15,16)5-4-17-8-11(13)14/h1-3,6H,4-5,8H2,(H2,13,14). The first kappa shape index (κ1) is 14.5. The zero-order valence-corrected chi connectivity index (χ0v) is 11.1. The molecule has 1 aromatic rings. The monoisotopic (exact) mass is 284 g/mol. The Morgan fingerprint density at radius 1 is 1.44 bits per heavy atom. The second-order valence-corrected chi connectivity index (χ2v) is 6.69. The Hall–Kier alpha value is -1.52. The normalized spacial score (nSPS) is 10.8. The van der Waals surface area contributed by atoms with Gasteiger partial charge in [0.1, 0.15) is 0 Å². The predicted octanol–water partition coefficient (Wildman–Crippen LogP) is 0.550. The lowest BCUT2D eigenvalue weighted by molar-refractivity contribution is -0.115. The summed E-state index contributed by atoms with van der Waals surface area (Å²) in [5.41, 5.74) is 5.25. The van der Waals surface area contributed by atoms with Gasteiger partial charge in [-0.15, -0.1) is 0 Å². The first-order valence-electron chi connectivity index (χ1n) is 5.04. The van der Waals surface area contributed by atoms with Gasteiger partial charge in [0.2, 0.25) is 5.91 Å². The van der Waals surface area contributed by atoms with Crippen molar-refractivity contribution >= 4 is 27.5 Å². The molecule has 0 atom stereocenters. The van der Waals surface area contributed by atoms with Crippen molar-refractivity contribution < 1.29 is 13.2 Å². The molecule has 7 heteroatoms.